The van der Waals surface area contributed by atoms with E-state index in [1.54, 1.807) is 19.0 Å². The Morgan fingerprint density at radius 1 is 1.33 bits per heavy atom. The summed E-state index contributed by atoms with van der Waals surface area (Å²) in [5.74, 6) is 0.558. The Morgan fingerprint density at radius 3 is 2.50 bits per heavy atom. The van der Waals surface area contributed by atoms with Crippen LogP contribution >= 0.6 is 24.0 Å². The highest BCUT2D eigenvalue weighted by Gasteiger charge is 2.13. The number of aliphatic imine (C=N–C) groups is 1. The van der Waals surface area contributed by atoms with Crippen LogP contribution in [0.1, 0.15) is 38.5 Å². The van der Waals surface area contributed by atoms with Crippen LogP contribution in [0, 0.1) is 0 Å². The molecule has 1 saturated carbocycles. The number of amides is 1. The third-order valence-corrected chi connectivity index (χ3v) is 3.06. The number of hydrogen-bond donors (Lipinski definition) is 2. The normalized spacial score (nSPS) is 16.9. The highest BCUT2D eigenvalue weighted by atomic mass is 127. The lowest BCUT2D eigenvalue weighted by Gasteiger charge is -2.23. The molecule has 0 unspecified atom stereocenters. The van der Waals surface area contributed by atoms with E-state index in [9.17, 15) is 4.79 Å². The molecule has 0 saturated heterocycles. The van der Waals surface area contributed by atoms with Crippen LogP contribution < -0.4 is 11.1 Å². The van der Waals surface area contributed by atoms with Crippen molar-refractivity contribution in [2.45, 2.75) is 44.6 Å². The van der Waals surface area contributed by atoms with Crippen LogP contribution in [0.3, 0.4) is 0 Å². The SMILES string of the molecule is CN(C)C(=O)CCN=C(N)NC1CCCCC1.I. The first-order valence-corrected chi connectivity index (χ1v) is 6.36. The Hall–Kier alpha value is -0.530. The third kappa shape index (κ3) is 7.03. The second-order valence-corrected chi connectivity index (χ2v) is 4.78. The first kappa shape index (κ1) is 17.5. The number of carbonyl (C=O) groups is 1. The van der Waals surface area contributed by atoms with Gasteiger partial charge in [-0.2, -0.15) is 0 Å². The molecule has 6 heteroatoms. The number of nitrogens with one attached hydrogen (secondary N) is 1. The summed E-state index contributed by atoms with van der Waals surface area (Å²) < 4.78 is 0. The zero-order valence-electron chi connectivity index (χ0n) is 11.3. The summed E-state index contributed by atoms with van der Waals surface area (Å²) >= 11 is 0. The Morgan fingerprint density at radius 2 is 1.94 bits per heavy atom. The lowest BCUT2D eigenvalue weighted by Crippen LogP contribution is -2.41. The van der Waals surface area contributed by atoms with Crippen LogP contribution in [-0.4, -0.2) is 43.4 Å². The molecular formula is C12H25IN4O. The lowest BCUT2D eigenvalue weighted by molar-refractivity contribution is -0.128. The zero-order valence-corrected chi connectivity index (χ0v) is 13.6. The Balaban J connectivity index is 0.00000289. The van der Waals surface area contributed by atoms with E-state index < -0.39 is 0 Å². The van der Waals surface area contributed by atoms with E-state index in [0.29, 0.717) is 25.0 Å². The molecule has 0 heterocycles. The fraction of sp³-hybridized carbons (Fsp3) is 0.833. The molecule has 0 aromatic heterocycles. The van der Waals surface area contributed by atoms with Crippen molar-refractivity contribution in [2.75, 3.05) is 20.6 Å². The van der Waals surface area contributed by atoms with Crippen LogP contribution in [0.2, 0.25) is 0 Å². The molecule has 0 aromatic carbocycles. The van der Waals surface area contributed by atoms with Gasteiger partial charge >= 0.3 is 0 Å². The summed E-state index contributed by atoms with van der Waals surface area (Å²) in [5.41, 5.74) is 5.78. The van der Waals surface area contributed by atoms with Crippen molar-refractivity contribution in [1.29, 1.82) is 0 Å². The third-order valence-electron chi connectivity index (χ3n) is 3.06. The smallest absolute Gasteiger partial charge is 0.223 e. The maximum absolute atomic E-state index is 11.3. The van der Waals surface area contributed by atoms with Gasteiger partial charge in [0.1, 0.15) is 0 Å². The second kappa shape index (κ2) is 9.41. The van der Waals surface area contributed by atoms with Gasteiger partial charge in [0.15, 0.2) is 5.96 Å². The average Bonchev–Trinajstić information content (AvgIpc) is 2.30. The quantitative estimate of drug-likeness (QED) is 0.447. The molecule has 106 valence electrons. The summed E-state index contributed by atoms with van der Waals surface area (Å²) in [4.78, 5) is 17.1. The molecule has 1 aliphatic carbocycles. The molecule has 3 N–H and O–H groups in total. The van der Waals surface area contributed by atoms with E-state index in [-0.39, 0.29) is 29.9 Å². The second-order valence-electron chi connectivity index (χ2n) is 4.78. The fourth-order valence-corrected chi connectivity index (χ4v) is 2.00. The van der Waals surface area contributed by atoms with Gasteiger partial charge in [-0.1, -0.05) is 19.3 Å². The Bertz CT molecular complexity index is 275. The first-order chi connectivity index (χ1) is 8.09. The standard InChI is InChI=1S/C12H24N4O.HI/c1-16(2)11(17)8-9-14-12(13)15-10-6-4-3-5-7-10;/h10H,3-9H2,1-2H3,(H3,13,14,15);1H. The van der Waals surface area contributed by atoms with E-state index in [1.165, 1.54) is 32.1 Å². The van der Waals surface area contributed by atoms with Crippen LogP contribution in [0.5, 0.6) is 0 Å². The van der Waals surface area contributed by atoms with Crippen molar-refractivity contribution in [3.05, 3.63) is 0 Å². The monoisotopic (exact) mass is 368 g/mol. The molecule has 1 rings (SSSR count). The minimum absolute atomic E-state index is 0. The summed E-state index contributed by atoms with van der Waals surface area (Å²) in [6, 6.07) is 0.469. The van der Waals surface area contributed by atoms with Gasteiger partial charge in [-0.05, 0) is 12.8 Å². The number of halogens is 1. The molecule has 1 amide bonds. The summed E-state index contributed by atoms with van der Waals surface area (Å²) in [6.07, 6.45) is 6.63. The number of guanidine groups is 1. The predicted octanol–water partition coefficient (Wildman–Crippen LogP) is 1.32. The van der Waals surface area contributed by atoms with Gasteiger partial charge in [-0.25, -0.2) is 0 Å². The highest BCUT2D eigenvalue weighted by molar-refractivity contribution is 14.0. The molecule has 0 atom stereocenters. The lowest BCUT2D eigenvalue weighted by atomic mass is 9.96. The molecule has 0 spiro atoms. The maximum atomic E-state index is 11.3. The highest BCUT2D eigenvalue weighted by Crippen LogP contribution is 2.16. The van der Waals surface area contributed by atoms with Crippen molar-refractivity contribution in [3.63, 3.8) is 0 Å². The van der Waals surface area contributed by atoms with Gasteiger partial charge in [-0.3, -0.25) is 9.79 Å². The number of carbonyl (C=O) groups excluding carboxylic acids is 1. The molecule has 0 radical (unpaired) electrons. The first-order valence-electron chi connectivity index (χ1n) is 6.36. The molecule has 5 nitrogen and oxygen atoms in total. The number of nitrogens with two attached hydrogens (primary N) is 1. The average molecular weight is 368 g/mol. The van der Waals surface area contributed by atoms with Gasteiger partial charge in [0.05, 0.1) is 6.54 Å². The van der Waals surface area contributed by atoms with Gasteiger partial charge in [-0.15, -0.1) is 24.0 Å². The molecule has 0 aromatic rings. The van der Waals surface area contributed by atoms with Crippen LogP contribution in [0.15, 0.2) is 4.99 Å². The van der Waals surface area contributed by atoms with E-state index in [0.717, 1.165) is 0 Å². The largest absolute Gasteiger partial charge is 0.370 e. The van der Waals surface area contributed by atoms with Crippen LogP contribution in [0.4, 0.5) is 0 Å². The number of hydrogen-bond acceptors (Lipinski definition) is 2. The summed E-state index contributed by atoms with van der Waals surface area (Å²) in [6.45, 7) is 0.461. The van der Waals surface area contributed by atoms with Gasteiger partial charge in [0.2, 0.25) is 5.91 Å². The van der Waals surface area contributed by atoms with Gasteiger partial charge in [0, 0.05) is 26.6 Å². The summed E-state index contributed by atoms with van der Waals surface area (Å²) in [5, 5.41) is 3.22. The van der Waals surface area contributed by atoms with Gasteiger partial charge in [0.25, 0.3) is 0 Å². The Labute approximate surface area is 127 Å². The molecular weight excluding hydrogens is 343 g/mol. The van der Waals surface area contributed by atoms with Gasteiger partial charge < -0.3 is 16.0 Å². The Kier molecular flexibility index (Phi) is 9.13. The van der Waals surface area contributed by atoms with Crippen LogP contribution in [-0.2, 0) is 4.79 Å². The van der Waals surface area contributed by atoms with Crippen molar-refractivity contribution >= 4 is 35.8 Å². The van der Waals surface area contributed by atoms with Crippen molar-refractivity contribution in [2.24, 2.45) is 10.7 Å². The molecule has 18 heavy (non-hydrogen) atoms. The van der Waals surface area contributed by atoms with Crippen molar-refractivity contribution in [3.8, 4) is 0 Å². The van der Waals surface area contributed by atoms with E-state index in [4.69, 9.17) is 5.73 Å². The molecule has 1 aliphatic rings. The molecule has 0 bridgehead atoms. The number of nitrogens with zero attached hydrogens (tertiary/aromatic N) is 2. The van der Waals surface area contributed by atoms with E-state index >= 15 is 0 Å². The molecule has 0 aliphatic heterocycles. The van der Waals surface area contributed by atoms with Crippen molar-refractivity contribution in [1.82, 2.24) is 10.2 Å². The zero-order chi connectivity index (χ0) is 12.7. The van der Waals surface area contributed by atoms with E-state index in [2.05, 4.69) is 10.3 Å². The fourth-order valence-electron chi connectivity index (χ4n) is 2.00. The predicted molar refractivity (Wildman–Crippen MR) is 85.2 cm³/mol. The minimum Gasteiger partial charge on any atom is -0.370 e. The van der Waals surface area contributed by atoms with E-state index in [1.807, 2.05) is 0 Å². The van der Waals surface area contributed by atoms with Crippen LogP contribution in [0.25, 0.3) is 0 Å². The summed E-state index contributed by atoms with van der Waals surface area (Å²) in [7, 11) is 3.49. The minimum atomic E-state index is 0. The van der Waals surface area contributed by atoms with Crippen molar-refractivity contribution < 1.29 is 4.79 Å². The molecule has 1 fully saturated rings. The topological polar surface area (TPSA) is 70.7 Å². The number of rotatable bonds is 4. The maximum Gasteiger partial charge on any atom is 0.223 e.